The zero-order valence-corrected chi connectivity index (χ0v) is 11.0. The largest absolute Gasteiger partial charge is 0.392 e. The Morgan fingerprint density at radius 3 is 2.67 bits per heavy atom. The maximum Gasteiger partial charge on any atom is 0.0692 e. The van der Waals surface area contributed by atoms with Crippen LogP contribution < -0.4 is 0 Å². The molecular formula is C16H16OS. The van der Waals surface area contributed by atoms with E-state index in [0.717, 1.165) is 12.0 Å². The van der Waals surface area contributed by atoms with Crippen LogP contribution in [0.25, 0.3) is 0 Å². The van der Waals surface area contributed by atoms with Gasteiger partial charge >= 0.3 is 0 Å². The molecule has 0 saturated carbocycles. The van der Waals surface area contributed by atoms with E-state index in [1.807, 2.05) is 23.9 Å². The fourth-order valence-electron chi connectivity index (χ4n) is 2.50. The number of hydrogen-bond acceptors (Lipinski definition) is 2. The van der Waals surface area contributed by atoms with Crippen LogP contribution in [0.5, 0.6) is 0 Å². The van der Waals surface area contributed by atoms with Crippen molar-refractivity contribution in [2.24, 2.45) is 0 Å². The fourth-order valence-corrected chi connectivity index (χ4v) is 3.92. The smallest absolute Gasteiger partial charge is 0.0692 e. The number of aliphatic hydroxyl groups is 1. The first-order valence-corrected chi connectivity index (χ1v) is 7.19. The number of aliphatic hydroxyl groups excluding tert-OH is 1. The van der Waals surface area contributed by atoms with Gasteiger partial charge in [-0.1, -0.05) is 48.5 Å². The summed E-state index contributed by atoms with van der Waals surface area (Å²) in [7, 11) is 0. The maximum atomic E-state index is 9.44. The fraction of sp³-hybridized carbons (Fsp3) is 0.250. The van der Waals surface area contributed by atoms with Crippen LogP contribution in [0.1, 0.15) is 28.4 Å². The van der Waals surface area contributed by atoms with Crippen LogP contribution in [0, 0.1) is 0 Å². The van der Waals surface area contributed by atoms with E-state index in [1.165, 1.54) is 22.4 Å². The monoisotopic (exact) mass is 256 g/mol. The molecule has 1 N–H and O–H groups in total. The molecule has 2 heteroatoms. The Balaban J connectivity index is 1.93. The molecular weight excluding hydrogens is 240 g/mol. The van der Waals surface area contributed by atoms with Crippen LogP contribution in [0.3, 0.4) is 0 Å². The molecule has 1 aliphatic heterocycles. The summed E-state index contributed by atoms with van der Waals surface area (Å²) in [6.07, 6.45) is 2.28. The van der Waals surface area contributed by atoms with Crippen molar-refractivity contribution in [3.8, 4) is 0 Å². The number of thioether (sulfide) groups is 1. The van der Waals surface area contributed by atoms with Gasteiger partial charge in [0.25, 0.3) is 0 Å². The van der Waals surface area contributed by atoms with Crippen LogP contribution in [0.15, 0.2) is 53.4 Å². The van der Waals surface area contributed by atoms with Gasteiger partial charge in [0.2, 0.25) is 0 Å². The summed E-state index contributed by atoms with van der Waals surface area (Å²) < 4.78 is 0. The number of hydrogen-bond donors (Lipinski definition) is 1. The van der Waals surface area contributed by atoms with E-state index < -0.39 is 0 Å². The zero-order valence-electron chi connectivity index (χ0n) is 10.2. The number of fused-ring (bicyclic) bond motifs is 1. The highest BCUT2D eigenvalue weighted by molar-refractivity contribution is 7.99. The van der Waals surface area contributed by atoms with E-state index in [0.29, 0.717) is 5.25 Å². The highest BCUT2D eigenvalue weighted by Crippen LogP contribution is 2.45. The lowest BCUT2D eigenvalue weighted by molar-refractivity contribution is 0.278. The number of benzene rings is 2. The minimum Gasteiger partial charge on any atom is -0.392 e. The quantitative estimate of drug-likeness (QED) is 0.877. The predicted molar refractivity (Wildman–Crippen MR) is 75.7 cm³/mol. The van der Waals surface area contributed by atoms with Crippen LogP contribution >= 0.6 is 11.8 Å². The molecule has 0 aliphatic carbocycles. The molecule has 92 valence electrons. The molecule has 3 rings (SSSR count). The molecule has 0 aromatic heterocycles. The SMILES string of the molecule is OCc1cccc2c1SC(c1ccccc1)CC2. The van der Waals surface area contributed by atoms with E-state index >= 15 is 0 Å². The number of aryl methyl sites for hydroxylation is 1. The summed E-state index contributed by atoms with van der Waals surface area (Å²) in [5.74, 6) is 0. The van der Waals surface area contributed by atoms with Gasteiger partial charge in [0, 0.05) is 10.1 Å². The summed E-state index contributed by atoms with van der Waals surface area (Å²) in [5, 5.41) is 9.96. The standard InChI is InChI=1S/C16H16OS/c17-11-14-8-4-7-13-9-10-15(18-16(13)14)12-5-2-1-3-6-12/h1-8,15,17H,9-11H2. The van der Waals surface area contributed by atoms with Crippen molar-refractivity contribution in [2.75, 3.05) is 0 Å². The minimum absolute atomic E-state index is 0.137. The van der Waals surface area contributed by atoms with Gasteiger partial charge in [-0.05, 0) is 29.5 Å². The second-order valence-corrected chi connectivity index (χ2v) is 5.83. The molecule has 1 aliphatic rings. The highest BCUT2D eigenvalue weighted by Gasteiger charge is 2.22. The molecule has 1 unspecified atom stereocenters. The summed E-state index contributed by atoms with van der Waals surface area (Å²) in [4.78, 5) is 1.29. The molecule has 1 atom stereocenters. The van der Waals surface area contributed by atoms with Crippen molar-refractivity contribution >= 4 is 11.8 Å². The Morgan fingerprint density at radius 2 is 1.89 bits per heavy atom. The lowest BCUT2D eigenvalue weighted by atomic mass is 10.0. The molecule has 0 fully saturated rings. The molecule has 18 heavy (non-hydrogen) atoms. The Kier molecular flexibility index (Phi) is 3.39. The normalized spacial score (nSPS) is 18.4. The lowest BCUT2D eigenvalue weighted by Crippen LogP contribution is -2.06. The van der Waals surface area contributed by atoms with Gasteiger partial charge in [-0.15, -0.1) is 11.8 Å². The van der Waals surface area contributed by atoms with E-state index in [9.17, 15) is 5.11 Å². The molecule has 0 bridgehead atoms. The third-order valence-corrected chi connectivity index (χ3v) is 5.01. The lowest BCUT2D eigenvalue weighted by Gasteiger charge is -2.26. The Hall–Kier alpha value is -1.25. The Bertz CT molecular complexity index is 522. The highest BCUT2D eigenvalue weighted by atomic mass is 32.2. The van der Waals surface area contributed by atoms with E-state index in [4.69, 9.17) is 0 Å². The predicted octanol–water partition coefficient (Wildman–Crippen LogP) is 3.96. The van der Waals surface area contributed by atoms with Crippen molar-refractivity contribution in [3.05, 3.63) is 65.2 Å². The maximum absolute atomic E-state index is 9.44. The van der Waals surface area contributed by atoms with E-state index in [-0.39, 0.29) is 6.61 Å². The molecule has 1 heterocycles. The van der Waals surface area contributed by atoms with Crippen molar-refractivity contribution in [3.63, 3.8) is 0 Å². The summed E-state index contributed by atoms with van der Waals surface area (Å²) >= 11 is 1.90. The van der Waals surface area contributed by atoms with Crippen molar-refractivity contribution in [2.45, 2.75) is 29.6 Å². The van der Waals surface area contributed by atoms with E-state index in [1.54, 1.807) is 0 Å². The molecule has 0 spiro atoms. The van der Waals surface area contributed by atoms with Crippen molar-refractivity contribution < 1.29 is 5.11 Å². The zero-order chi connectivity index (χ0) is 12.4. The first-order chi connectivity index (χ1) is 8.88. The van der Waals surface area contributed by atoms with Gasteiger partial charge in [-0.25, -0.2) is 0 Å². The first kappa shape index (κ1) is 11.8. The van der Waals surface area contributed by atoms with Crippen molar-refractivity contribution in [1.82, 2.24) is 0 Å². The van der Waals surface area contributed by atoms with Crippen molar-refractivity contribution in [1.29, 1.82) is 0 Å². The van der Waals surface area contributed by atoms with E-state index in [2.05, 4.69) is 36.4 Å². The third kappa shape index (κ3) is 2.18. The summed E-state index contributed by atoms with van der Waals surface area (Å²) in [5.41, 5.74) is 3.85. The molecule has 0 amide bonds. The third-order valence-electron chi connectivity index (χ3n) is 3.46. The minimum atomic E-state index is 0.137. The van der Waals surface area contributed by atoms with Gasteiger partial charge in [0.15, 0.2) is 0 Å². The average Bonchev–Trinajstić information content (AvgIpc) is 2.47. The molecule has 1 nitrogen and oxygen atoms in total. The Labute approximate surface area is 112 Å². The summed E-state index contributed by atoms with van der Waals surface area (Å²) in [6.45, 7) is 0.137. The second kappa shape index (κ2) is 5.17. The number of rotatable bonds is 2. The average molecular weight is 256 g/mol. The second-order valence-electron chi connectivity index (χ2n) is 4.62. The molecule has 2 aromatic rings. The van der Waals surface area contributed by atoms with Crippen LogP contribution in [0.4, 0.5) is 0 Å². The molecule has 0 saturated heterocycles. The Morgan fingerprint density at radius 1 is 1.06 bits per heavy atom. The van der Waals surface area contributed by atoms with Crippen LogP contribution in [0.2, 0.25) is 0 Å². The van der Waals surface area contributed by atoms with Gasteiger partial charge in [0.05, 0.1) is 6.61 Å². The van der Waals surface area contributed by atoms with Gasteiger partial charge in [0.1, 0.15) is 0 Å². The van der Waals surface area contributed by atoms with Gasteiger partial charge < -0.3 is 5.11 Å². The van der Waals surface area contributed by atoms with Gasteiger partial charge in [-0.3, -0.25) is 0 Å². The van der Waals surface area contributed by atoms with Crippen LogP contribution in [-0.4, -0.2) is 5.11 Å². The van der Waals surface area contributed by atoms with Gasteiger partial charge in [-0.2, -0.15) is 0 Å². The summed E-state index contributed by atoms with van der Waals surface area (Å²) in [6, 6.07) is 16.9. The molecule has 2 aromatic carbocycles. The van der Waals surface area contributed by atoms with Crippen LogP contribution in [-0.2, 0) is 13.0 Å². The first-order valence-electron chi connectivity index (χ1n) is 6.31. The molecule has 0 radical (unpaired) electrons. The topological polar surface area (TPSA) is 20.2 Å².